The maximum absolute atomic E-state index is 10.0. The Morgan fingerprint density at radius 1 is 1.38 bits per heavy atom. The summed E-state index contributed by atoms with van der Waals surface area (Å²) < 4.78 is 0. The van der Waals surface area contributed by atoms with Crippen LogP contribution in [0.1, 0.15) is 5.56 Å². The molecule has 13 heavy (non-hydrogen) atoms. The predicted octanol–water partition coefficient (Wildman–Crippen LogP) is 2.66. The molecule has 0 saturated heterocycles. The van der Waals surface area contributed by atoms with Crippen LogP contribution in [0, 0.1) is 10.1 Å². The molecule has 1 aromatic rings. The van der Waals surface area contributed by atoms with Gasteiger partial charge in [0.1, 0.15) is 0 Å². The average Bonchev–Trinajstić information content (AvgIpc) is 2.15. The molecule has 0 aliphatic carbocycles. The summed E-state index contributed by atoms with van der Waals surface area (Å²) in [5.74, 6) is 0. The molecule has 0 unspecified atom stereocenters. The summed E-state index contributed by atoms with van der Waals surface area (Å²) in [5.41, 5.74) is 0.842. The topological polar surface area (TPSA) is 43.1 Å². The summed E-state index contributed by atoms with van der Waals surface area (Å²) in [6.07, 6.45) is 4.40. The van der Waals surface area contributed by atoms with E-state index in [4.69, 9.17) is 0 Å². The van der Waals surface area contributed by atoms with E-state index in [2.05, 4.69) is 0 Å². The summed E-state index contributed by atoms with van der Waals surface area (Å²) >= 11 is 1.64. The zero-order valence-electron chi connectivity index (χ0n) is 7.14. The minimum Gasteiger partial charge on any atom is -0.259 e. The molecule has 1 aromatic carbocycles. The van der Waals surface area contributed by atoms with Gasteiger partial charge in [-0.15, -0.1) is 11.8 Å². The maximum atomic E-state index is 10.0. The van der Waals surface area contributed by atoms with E-state index in [1.807, 2.05) is 30.5 Å². The van der Waals surface area contributed by atoms with Gasteiger partial charge in [-0.1, -0.05) is 12.1 Å². The van der Waals surface area contributed by atoms with E-state index in [9.17, 15) is 10.1 Å². The molecule has 0 aliphatic rings. The number of thioether (sulfide) groups is 1. The molecule has 0 spiro atoms. The first-order chi connectivity index (χ1) is 6.22. The third kappa shape index (κ3) is 3.29. The van der Waals surface area contributed by atoms with Gasteiger partial charge in [0.2, 0.25) is 6.20 Å². The Kier molecular flexibility index (Phi) is 3.52. The van der Waals surface area contributed by atoms with E-state index in [0.717, 1.165) is 16.7 Å². The van der Waals surface area contributed by atoms with Crippen molar-refractivity contribution in [1.82, 2.24) is 0 Å². The maximum Gasteiger partial charge on any atom is 0.235 e. The van der Waals surface area contributed by atoms with E-state index in [1.54, 1.807) is 11.8 Å². The first-order valence-corrected chi connectivity index (χ1v) is 4.90. The SMILES string of the molecule is CSc1ccc(/C=C\[N+](=O)[O-])cc1. The molecule has 0 atom stereocenters. The van der Waals surface area contributed by atoms with Crippen LogP contribution < -0.4 is 0 Å². The lowest BCUT2D eigenvalue weighted by Crippen LogP contribution is -1.82. The average molecular weight is 195 g/mol. The van der Waals surface area contributed by atoms with Crippen molar-refractivity contribution in [3.05, 3.63) is 46.1 Å². The van der Waals surface area contributed by atoms with Crippen LogP contribution >= 0.6 is 11.8 Å². The van der Waals surface area contributed by atoms with Gasteiger partial charge in [-0.2, -0.15) is 0 Å². The molecule has 0 saturated carbocycles. The van der Waals surface area contributed by atoms with E-state index in [1.165, 1.54) is 6.08 Å². The van der Waals surface area contributed by atoms with Gasteiger partial charge in [-0.05, 0) is 24.0 Å². The molecule has 0 heterocycles. The minimum absolute atomic E-state index is 0.470. The lowest BCUT2D eigenvalue weighted by molar-refractivity contribution is -0.400. The number of hydrogen-bond donors (Lipinski definition) is 0. The lowest BCUT2D eigenvalue weighted by Gasteiger charge is -1.95. The molecule has 68 valence electrons. The molecule has 0 radical (unpaired) electrons. The summed E-state index contributed by atoms with van der Waals surface area (Å²) in [5, 5.41) is 10.0. The Balaban J connectivity index is 2.75. The fourth-order valence-electron chi connectivity index (χ4n) is 0.862. The molecule has 0 fully saturated rings. The fourth-order valence-corrected chi connectivity index (χ4v) is 1.27. The number of benzene rings is 1. The molecular formula is C9H9NO2S. The highest BCUT2D eigenvalue weighted by Gasteiger charge is 1.91. The van der Waals surface area contributed by atoms with Crippen LogP contribution in [0.2, 0.25) is 0 Å². The quantitative estimate of drug-likeness (QED) is 0.423. The summed E-state index contributed by atoms with van der Waals surface area (Å²) in [4.78, 5) is 10.7. The molecule has 4 heteroatoms. The second-order valence-corrected chi connectivity index (χ2v) is 3.25. The highest BCUT2D eigenvalue weighted by atomic mass is 32.2. The van der Waals surface area contributed by atoms with Crippen LogP contribution in [0.25, 0.3) is 6.08 Å². The molecule has 0 aliphatic heterocycles. The van der Waals surface area contributed by atoms with Gasteiger partial charge in [-0.25, -0.2) is 0 Å². The van der Waals surface area contributed by atoms with Crippen molar-refractivity contribution in [2.75, 3.05) is 6.26 Å². The monoisotopic (exact) mass is 195 g/mol. The largest absolute Gasteiger partial charge is 0.259 e. The van der Waals surface area contributed by atoms with Crippen molar-refractivity contribution < 1.29 is 4.92 Å². The van der Waals surface area contributed by atoms with E-state index < -0.39 is 4.92 Å². The van der Waals surface area contributed by atoms with Crippen LogP contribution in [0.3, 0.4) is 0 Å². The first kappa shape index (κ1) is 9.80. The molecular weight excluding hydrogens is 186 g/mol. The van der Waals surface area contributed by atoms with Crippen molar-refractivity contribution >= 4 is 17.8 Å². The van der Waals surface area contributed by atoms with E-state index in [0.29, 0.717) is 0 Å². The van der Waals surface area contributed by atoms with Crippen LogP contribution in [0.4, 0.5) is 0 Å². The standard InChI is InChI=1S/C9H9NO2S/c1-13-9-4-2-8(3-5-9)6-7-10(11)12/h2-7H,1H3/b7-6-. The van der Waals surface area contributed by atoms with Crippen molar-refractivity contribution in [3.8, 4) is 0 Å². The van der Waals surface area contributed by atoms with Gasteiger partial charge in [0.05, 0.1) is 4.92 Å². The number of nitrogens with zero attached hydrogens (tertiary/aromatic N) is 1. The zero-order valence-corrected chi connectivity index (χ0v) is 7.95. The van der Waals surface area contributed by atoms with Crippen molar-refractivity contribution in [1.29, 1.82) is 0 Å². The van der Waals surface area contributed by atoms with Crippen molar-refractivity contribution in [2.24, 2.45) is 0 Å². The van der Waals surface area contributed by atoms with Gasteiger partial charge < -0.3 is 0 Å². The molecule has 0 N–H and O–H groups in total. The molecule has 0 bridgehead atoms. The number of rotatable bonds is 3. The predicted molar refractivity (Wildman–Crippen MR) is 54.3 cm³/mol. The Morgan fingerprint density at radius 2 is 2.00 bits per heavy atom. The normalized spacial score (nSPS) is 10.5. The minimum atomic E-state index is -0.470. The molecule has 0 amide bonds. The Morgan fingerprint density at radius 3 is 2.46 bits per heavy atom. The van der Waals surface area contributed by atoms with Crippen LogP contribution in [0.5, 0.6) is 0 Å². The first-order valence-electron chi connectivity index (χ1n) is 3.68. The number of nitro groups is 1. The van der Waals surface area contributed by atoms with Gasteiger partial charge >= 0.3 is 0 Å². The third-order valence-electron chi connectivity index (χ3n) is 1.50. The molecule has 0 aromatic heterocycles. The smallest absolute Gasteiger partial charge is 0.235 e. The Hall–Kier alpha value is -1.29. The van der Waals surface area contributed by atoms with Gasteiger partial charge in [0.25, 0.3) is 0 Å². The number of hydrogen-bond acceptors (Lipinski definition) is 3. The second kappa shape index (κ2) is 4.67. The van der Waals surface area contributed by atoms with Gasteiger partial charge in [-0.3, -0.25) is 10.1 Å². The van der Waals surface area contributed by atoms with Crippen molar-refractivity contribution in [2.45, 2.75) is 4.90 Å². The summed E-state index contributed by atoms with van der Waals surface area (Å²) in [7, 11) is 0. The van der Waals surface area contributed by atoms with Gasteiger partial charge in [0.15, 0.2) is 0 Å². The highest BCUT2D eigenvalue weighted by molar-refractivity contribution is 7.98. The van der Waals surface area contributed by atoms with E-state index in [-0.39, 0.29) is 0 Å². The molecule has 3 nitrogen and oxygen atoms in total. The molecule has 1 rings (SSSR count). The second-order valence-electron chi connectivity index (χ2n) is 2.37. The van der Waals surface area contributed by atoms with Crippen LogP contribution in [0.15, 0.2) is 35.4 Å². The summed E-state index contributed by atoms with van der Waals surface area (Å²) in [6.45, 7) is 0. The zero-order chi connectivity index (χ0) is 9.68. The lowest BCUT2D eigenvalue weighted by atomic mass is 10.2. The van der Waals surface area contributed by atoms with Crippen molar-refractivity contribution in [3.63, 3.8) is 0 Å². The fraction of sp³-hybridized carbons (Fsp3) is 0.111. The van der Waals surface area contributed by atoms with E-state index >= 15 is 0 Å². The van der Waals surface area contributed by atoms with Gasteiger partial charge in [0, 0.05) is 11.0 Å². The van der Waals surface area contributed by atoms with Crippen LogP contribution in [-0.4, -0.2) is 11.2 Å². The summed E-state index contributed by atoms with van der Waals surface area (Å²) in [6, 6.07) is 7.58. The third-order valence-corrected chi connectivity index (χ3v) is 2.25. The Labute approximate surface area is 80.6 Å². The Bertz CT molecular complexity index is 319. The van der Waals surface area contributed by atoms with Crippen LogP contribution in [-0.2, 0) is 0 Å². The highest BCUT2D eigenvalue weighted by Crippen LogP contribution is 2.15.